The summed E-state index contributed by atoms with van der Waals surface area (Å²) in [7, 11) is 3.59. The molecular weight excluding hydrogens is 290 g/mol. The van der Waals surface area contributed by atoms with E-state index in [1.807, 2.05) is 24.1 Å². The summed E-state index contributed by atoms with van der Waals surface area (Å²) in [4.78, 5) is 0. The van der Waals surface area contributed by atoms with E-state index in [0.717, 1.165) is 24.2 Å². The van der Waals surface area contributed by atoms with Gasteiger partial charge in [0, 0.05) is 25.9 Å². The SMILES string of the molecule is CCCNC(c1cnn(C)c1)c1c(Cl)cnn1CCOC. The summed E-state index contributed by atoms with van der Waals surface area (Å²) in [5.41, 5.74) is 2.03. The molecular formula is C14H22ClN5O. The maximum Gasteiger partial charge on any atom is 0.0837 e. The second-order valence-corrected chi connectivity index (χ2v) is 5.34. The molecule has 2 aromatic rings. The van der Waals surface area contributed by atoms with Gasteiger partial charge in [-0.25, -0.2) is 0 Å². The van der Waals surface area contributed by atoms with Crippen molar-refractivity contribution < 1.29 is 4.74 Å². The number of rotatable bonds is 8. The van der Waals surface area contributed by atoms with Gasteiger partial charge in [0.05, 0.1) is 42.3 Å². The van der Waals surface area contributed by atoms with Crippen molar-refractivity contribution in [2.45, 2.75) is 25.9 Å². The van der Waals surface area contributed by atoms with E-state index in [4.69, 9.17) is 16.3 Å². The van der Waals surface area contributed by atoms with E-state index in [9.17, 15) is 0 Å². The molecule has 0 fully saturated rings. The van der Waals surface area contributed by atoms with Gasteiger partial charge in [0.1, 0.15) is 0 Å². The topological polar surface area (TPSA) is 56.9 Å². The number of ether oxygens (including phenoxy) is 1. The number of aryl methyl sites for hydroxylation is 1. The molecule has 2 rings (SSSR count). The molecule has 0 aliphatic rings. The van der Waals surface area contributed by atoms with Crippen LogP contribution in [-0.4, -0.2) is 39.8 Å². The Morgan fingerprint density at radius 3 is 2.81 bits per heavy atom. The Morgan fingerprint density at radius 1 is 1.38 bits per heavy atom. The molecule has 1 unspecified atom stereocenters. The fraction of sp³-hybridized carbons (Fsp3) is 0.571. The standard InChI is InChI=1S/C14H22ClN5O/c1-4-5-16-13(11-8-17-19(2)10-11)14-12(15)9-18-20(14)6-7-21-3/h8-10,13,16H,4-7H2,1-3H3. The van der Waals surface area contributed by atoms with Crippen LogP contribution >= 0.6 is 11.6 Å². The fourth-order valence-corrected chi connectivity index (χ4v) is 2.52. The van der Waals surface area contributed by atoms with Gasteiger partial charge in [-0.3, -0.25) is 9.36 Å². The van der Waals surface area contributed by atoms with E-state index in [0.29, 0.717) is 18.2 Å². The third-order valence-electron chi connectivity index (χ3n) is 3.27. The molecule has 2 heterocycles. The fourth-order valence-electron chi connectivity index (χ4n) is 2.27. The van der Waals surface area contributed by atoms with Crippen molar-refractivity contribution in [1.82, 2.24) is 24.9 Å². The predicted octanol–water partition coefficient (Wildman–Crippen LogP) is 2.01. The number of hydrogen-bond acceptors (Lipinski definition) is 4. The third kappa shape index (κ3) is 3.84. The molecule has 0 bridgehead atoms. The summed E-state index contributed by atoms with van der Waals surface area (Å²) in [5, 5.41) is 12.8. The van der Waals surface area contributed by atoms with Crippen LogP contribution in [0.15, 0.2) is 18.6 Å². The largest absolute Gasteiger partial charge is 0.383 e. The van der Waals surface area contributed by atoms with Crippen LogP contribution in [0.2, 0.25) is 5.02 Å². The van der Waals surface area contributed by atoms with Gasteiger partial charge in [-0.05, 0) is 13.0 Å². The minimum Gasteiger partial charge on any atom is -0.383 e. The highest BCUT2D eigenvalue weighted by atomic mass is 35.5. The molecule has 0 radical (unpaired) electrons. The Kier molecular flexibility index (Phi) is 5.78. The molecule has 0 saturated heterocycles. The Morgan fingerprint density at radius 2 is 2.19 bits per heavy atom. The van der Waals surface area contributed by atoms with Crippen molar-refractivity contribution >= 4 is 11.6 Å². The number of aromatic nitrogens is 4. The van der Waals surface area contributed by atoms with Gasteiger partial charge in [-0.15, -0.1) is 0 Å². The highest BCUT2D eigenvalue weighted by Gasteiger charge is 2.22. The Hall–Kier alpha value is -1.37. The minimum atomic E-state index is -0.0227. The molecule has 0 saturated carbocycles. The van der Waals surface area contributed by atoms with E-state index in [2.05, 4.69) is 22.4 Å². The zero-order valence-electron chi connectivity index (χ0n) is 12.7. The zero-order chi connectivity index (χ0) is 15.2. The van der Waals surface area contributed by atoms with Crippen LogP contribution in [0, 0.1) is 0 Å². The molecule has 1 atom stereocenters. The molecule has 2 aromatic heterocycles. The number of nitrogens with one attached hydrogen (secondary N) is 1. The molecule has 1 N–H and O–H groups in total. The van der Waals surface area contributed by atoms with E-state index in [-0.39, 0.29) is 6.04 Å². The van der Waals surface area contributed by atoms with Gasteiger partial charge in [0.2, 0.25) is 0 Å². The lowest BCUT2D eigenvalue weighted by Gasteiger charge is -2.19. The first-order valence-corrected chi connectivity index (χ1v) is 7.47. The molecule has 6 nitrogen and oxygen atoms in total. The first kappa shape index (κ1) is 16.0. The second kappa shape index (κ2) is 7.59. The minimum absolute atomic E-state index is 0.0227. The van der Waals surface area contributed by atoms with E-state index < -0.39 is 0 Å². The molecule has 0 spiro atoms. The van der Waals surface area contributed by atoms with Gasteiger partial charge in [0.15, 0.2) is 0 Å². The highest BCUT2D eigenvalue weighted by molar-refractivity contribution is 6.31. The van der Waals surface area contributed by atoms with Crippen molar-refractivity contribution in [3.05, 3.63) is 34.9 Å². The van der Waals surface area contributed by atoms with Gasteiger partial charge in [-0.1, -0.05) is 18.5 Å². The quantitative estimate of drug-likeness (QED) is 0.810. The Bertz CT molecular complexity index is 565. The average molecular weight is 312 g/mol. The Balaban J connectivity index is 2.33. The van der Waals surface area contributed by atoms with Gasteiger partial charge >= 0.3 is 0 Å². The van der Waals surface area contributed by atoms with E-state index >= 15 is 0 Å². The van der Waals surface area contributed by atoms with Crippen LogP contribution in [0.5, 0.6) is 0 Å². The highest BCUT2D eigenvalue weighted by Crippen LogP contribution is 2.28. The summed E-state index contributed by atoms with van der Waals surface area (Å²) < 4.78 is 8.83. The van der Waals surface area contributed by atoms with Crippen LogP contribution in [0.1, 0.15) is 30.6 Å². The molecule has 0 aromatic carbocycles. The zero-order valence-corrected chi connectivity index (χ0v) is 13.5. The maximum absolute atomic E-state index is 6.36. The van der Waals surface area contributed by atoms with Gasteiger partial charge in [0.25, 0.3) is 0 Å². The van der Waals surface area contributed by atoms with Crippen LogP contribution in [0.4, 0.5) is 0 Å². The molecule has 0 aliphatic heterocycles. The molecule has 116 valence electrons. The van der Waals surface area contributed by atoms with Crippen molar-refractivity contribution in [3.8, 4) is 0 Å². The lowest BCUT2D eigenvalue weighted by molar-refractivity contribution is 0.182. The van der Waals surface area contributed by atoms with Crippen molar-refractivity contribution in [1.29, 1.82) is 0 Å². The maximum atomic E-state index is 6.36. The van der Waals surface area contributed by atoms with E-state index in [1.54, 1.807) is 18.0 Å². The first-order valence-electron chi connectivity index (χ1n) is 7.09. The van der Waals surface area contributed by atoms with Crippen LogP contribution < -0.4 is 5.32 Å². The summed E-state index contributed by atoms with van der Waals surface area (Å²) in [6, 6.07) is -0.0227. The number of hydrogen-bond donors (Lipinski definition) is 1. The molecule has 0 aliphatic carbocycles. The molecule has 0 amide bonds. The lowest BCUT2D eigenvalue weighted by atomic mass is 10.1. The van der Waals surface area contributed by atoms with Gasteiger partial charge in [-0.2, -0.15) is 10.2 Å². The average Bonchev–Trinajstić information content (AvgIpc) is 3.05. The first-order chi connectivity index (χ1) is 10.2. The normalized spacial score (nSPS) is 12.8. The van der Waals surface area contributed by atoms with Gasteiger partial charge < -0.3 is 10.1 Å². The number of halogens is 1. The monoisotopic (exact) mass is 311 g/mol. The predicted molar refractivity (Wildman–Crippen MR) is 82.5 cm³/mol. The van der Waals surface area contributed by atoms with Crippen molar-refractivity contribution in [2.75, 3.05) is 20.3 Å². The van der Waals surface area contributed by atoms with E-state index in [1.165, 1.54) is 0 Å². The smallest absolute Gasteiger partial charge is 0.0837 e. The Labute approximate surface area is 130 Å². The molecule has 21 heavy (non-hydrogen) atoms. The third-order valence-corrected chi connectivity index (χ3v) is 3.56. The summed E-state index contributed by atoms with van der Waals surface area (Å²) in [6.45, 7) is 4.30. The summed E-state index contributed by atoms with van der Waals surface area (Å²) in [6.07, 6.45) is 6.58. The summed E-state index contributed by atoms with van der Waals surface area (Å²) >= 11 is 6.36. The van der Waals surface area contributed by atoms with Crippen LogP contribution in [0.25, 0.3) is 0 Å². The molecule has 7 heteroatoms. The number of methoxy groups -OCH3 is 1. The lowest BCUT2D eigenvalue weighted by Crippen LogP contribution is -2.26. The number of nitrogens with zero attached hydrogens (tertiary/aromatic N) is 4. The van der Waals surface area contributed by atoms with Crippen molar-refractivity contribution in [2.24, 2.45) is 7.05 Å². The summed E-state index contributed by atoms with van der Waals surface area (Å²) in [5.74, 6) is 0. The second-order valence-electron chi connectivity index (χ2n) is 4.93. The van der Waals surface area contributed by atoms with Crippen LogP contribution in [-0.2, 0) is 18.3 Å². The van der Waals surface area contributed by atoms with Crippen molar-refractivity contribution in [3.63, 3.8) is 0 Å². The van der Waals surface area contributed by atoms with Crippen LogP contribution in [0.3, 0.4) is 0 Å².